The molecule has 0 aromatic heterocycles. The van der Waals surface area contributed by atoms with Crippen LogP contribution in [0, 0.1) is 0 Å². The van der Waals surface area contributed by atoms with E-state index < -0.39 is 0 Å². The van der Waals surface area contributed by atoms with E-state index in [-0.39, 0.29) is 11.9 Å². The fraction of sp³-hybridized carbons (Fsp3) is 0.333. The standard InChI is InChI=1S/C18H24N2O4/c1-5-23-17(21)11-13(3)19-15-7-9-16(10-8-15)20-14(4)12-18(22)24-6-2/h7-12,19-20H,5-6H2,1-4H3. The third-order valence-electron chi connectivity index (χ3n) is 2.81. The molecule has 0 saturated heterocycles. The molecule has 0 atom stereocenters. The Balaban J connectivity index is 2.63. The molecule has 0 fully saturated rings. The number of anilines is 2. The van der Waals surface area contributed by atoms with Crippen molar-refractivity contribution in [3.8, 4) is 0 Å². The molecule has 1 aromatic carbocycles. The van der Waals surface area contributed by atoms with Gasteiger partial charge in [0.2, 0.25) is 0 Å². The zero-order valence-electron chi connectivity index (χ0n) is 14.5. The van der Waals surface area contributed by atoms with Crippen molar-refractivity contribution in [1.29, 1.82) is 0 Å². The Morgan fingerprint density at radius 1 is 0.833 bits per heavy atom. The van der Waals surface area contributed by atoms with Crippen molar-refractivity contribution in [1.82, 2.24) is 0 Å². The van der Waals surface area contributed by atoms with Gasteiger partial charge in [0.15, 0.2) is 0 Å². The summed E-state index contributed by atoms with van der Waals surface area (Å²) in [5, 5.41) is 6.21. The molecule has 0 saturated carbocycles. The lowest BCUT2D eigenvalue weighted by Crippen LogP contribution is -2.05. The molecule has 0 heterocycles. The molecule has 1 rings (SSSR count). The maximum absolute atomic E-state index is 11.4. The van der Waals surface area contributed by atoms with Gasteiger partial charge < -0.3 is 20.1 Å². The Bertz CT molecular complexity index is 563. The van der Waals surface area contributed by atoms with Gasteiger partial charge in [0, 0.05) is 34.9 Å². The quantitative estimate of drug-likeness (QED) is 0.561. The highest BCUT2D eigenvalue weighted by molar-refractivity contribution is 5.84. The monoisotopic (exact) mass is 332 g/mol. The molecule has 0 aliphatic heterocycles. The molecule has 1 aromatic rings. The van der Waals surface area contributed by atoms with Crippen LogP contribution in [0.4, 0.5) is 11.4 Å². The summed E-state index contributed by atoms with van der Waals surface area (Å²) in [6, 6.07) is 7.45. The van der Waals surface area contributed by atoms with Crippen LogP contribution in [0.1, 0.15) is 27.7 Å². The van der Waals surface area contributed by atoms with Gasteiger partial charge in [0.1, 0.15) is 0 Å². The number of esters is 2. The minimum Gasteiger partial charge on any atom is -0.463 e. The van der Waals surface area contributed by atoms with Crippen LogP contribution in [0.2, 0.25) is 0 Å². The Morgan fingerprint density at radius 2 is 1.17 bits per heavy atom. The second-order valence-electron chi connectivity index (χ2n) is 4.99. The summed E-state index contributed by atoms with van der Waals surface area (Å²) in [5.41, 5.74) is 3.05. The van der Waals surface area contributed by atoms with Crippen molar-refractivity contribution < 1.29 is 19.1 Å². The third-order valence-corrected chi connectivity index (χ3v) is 2.81. The third kappa shape index (κ3) is 7.49. The summed E-state index contributed by atoms with van der Waals surface area (Å²) in [6.45, 7) is 7.80. The maximum Gasteiger partial charge on any atom is 0.332 e. The molecule has 0 amide bonds. The number of hydrogen-bond acceptors (Lipinski definition) is 6. The lowest BCUT2D eigenvalue weighted by Gasteiger charge is -2.10. The Kier molecular flexibility index (Phi) is 8.11. The van der Waals surface area contributed by atoms with Crippen LogP contribution >= 0.6 is 0 Å². The fourth-order valence-corrected chi connectivity index (χ4v) is 1.89. The average molecular weight is 332 g/mol. The Labute approximate surface area is 142 Å². The van der Waals surface area contributed by atoms with Crippen molar-refractivity contribution >= 4 is 23.3 Å². The Morgan fingerprint density at radius 3 is 1.46 bits per heavy atom. The number of rotatable bonds is 8. The lowest BCUT2D eigenvalue weighted by atomic mass is 10.2. The molecule has 130 valence electrons. The highest BCUT2D eigenvalue weighted by Crippen LogP contribution is 2.16. The first-order chi connectivity index (χ1) is 11.4. The van der Waals surface area contributed by atoms with Gasteiger partial charge in [-0.3, -0.25) is 0 Å². The first-order valence-corrected chi connectivity index (χ1v) is 7.78. The van der Waals surface area contributed by atoms with Crippen LogP contribution in [-0.4, -0.2) is 25.2 Å². The molecule has 0 bridgehead atoms. The number of nitrogens with one attached hydrogen (secondary N) is 2. The SMILES string of the molecule is CCOC(=O)C=C(C)Nc1ccc(NC(C)=CC(=O)OCC)cc1. The molecule has 6 nitrogen and oxygen atoms in total. The predicted molar refractivity (Wildman–Crippen MR) is 94.5 cm³/mol. The molecule has 0 unspecified atom stereocenters. The van der Waals surface area contributed by atoms with Crippen LogP contribution in [0.3, 0.4) is 0 Å². The summed E-state index contributed by atoms with van der Waals surface area (Å²) in [5.74, 6) is -0.749. The van der Waals surface area contributed by atoms with Crippen LogP contribution in [0.5, 0.6) is 0 Å². The summed E-state index contributed by atoms with van der Waals surface area (Å²) in [4.78, 5) is 22.7. The van der Waals surface area contributed by atoms with Crippen LogP contribution in [-0.2, 0) is 19.1 Å². The fourth-order valence-electron chi connectivity index (χ4n) is 1.89. The van der Waals surface area contributed by atoms with Gasteiger partial charge in [-0.15, -0.1) is 0 Å². The highest BCUT2D eigenvalue weighted by atomic mass is 16.5. The molecule has 2 N–H and O–H groups in total. The van der Waals surface area contributed by atoms with E-state index in [1.807, 2.05) is 24.3 Å². The van der Waals surface area contributed by atoms with Crippen LogP contribution < -0.4 is 10.6 Å². The number of allylic oxidation sites excluding steroid dienone is 2. The minimum absolute atomic E-state index is 0.349. The first-order valence-electron chi connectivity index (χ1n) is 7.78. The van der Waals surface area contributed by atoms with E-state index in [1.54, 1.807) is 27.7 Å². The first kappa shape index (κ1) is 19.3. The van der Waals surface area contributed by atoms with E-state index in [2.05, 4.69) is 10.6 Å². The van der Waals surface area contributed by atoms with Crippen molar-refractivity contribution in [2.24, 2.45) is 0 Å². The number of carbonyl (C=O) groups is 2. The van der Waals surface area contributed by atoms with Crippen molar-refractivity contribution in [3.05, 3.63) is 47.8 Å². The van der Waals surface area contributed by atoms with Gasteiger partial charge in [0.05, 0.1) is 13.2 Å². The summed E-state index contributed by atoms with van der Waals surface area (Å²) >= 11 is 0. The smallest absolute Gasteiger partial charge is 0.332 e. The van der Waals surface area contributed by atoms with Gasteiger partial charge in [-0.25, -0.2) is 9.59 Å². The number of carbonyl (C=O) groups excluding carboxylic acids is 2. The molecule has 6 heteroatoms. The molecule has 0 aliphatic rings. The van der Waals surface area contributed by atoms with Gasteiger partial charge in [0.25, 0.3) is 0 Å². The second kappa shape index (κ2) is 10.1. The topological polar surface area (TPSA) is 76.7 Å². The molecule has 24 heavy (non-hydrogen) atoms. The molecular formula is C18H24N2O4. The van der Waals surface area contributed by atoms with Gasteiger partial charge in [-0.05, 0) is 52.0 Å². The Hall–Kier alpha value is -2.76. The van der Waals surface area contributed by atoms with E-state index in [9.17, 15) is 9.59 Å². The van der Waals surface area contributed by atoms with E-state index in [0.717, 1.165) is 11.4 Å². The maximum atomic E-state index is 11.4. The van der Waals surface area contributed by atoms with Crippen molar-refractivity contribution in [2.75, 3.05) is 23.8 Å². The lowest BCUT2D eigenvalue weighted by molar-refractivity contribution is -0.138. The van der Waals surface area contributed by atoms with E-state index in [0.29, 0.717) is 24.6 Å². The average Bonchev–Trinajstić information content (AvgIpc) is 2.49. The van der Waals surface area contributed by atoms with Gasteiger partial charge in [-0.2, -0.15) is 0 Å². The second-order valence-corrected chi connectivity index (χ2v) is 4.99. The number of hydrogen-bond donors (Lipinski definition) is 2. The van der Waals surface area contributed by atoms with Gasteiger partial charge in [-0.1, -0.05) is 0 Å². The van der Waals surface area contributed by atoms with E-state index in [1.165, 1.54) is 12.2 Å². The summed E-state index contributed by atoms with van der Waals surface area (Å²) in [7, 11) is 0. The van der Waals surface area contributed by atoms with Crippen LogP contribution in [0.15, 0.2) is 47.8 Å². The zero-order valence-corrected chi connectivity index (χ0v) is 14.5. The van der Waals surface area contributed by atoms with E-state index >= 15 is 0 Å². The zero-order chi connectivity index (χ0) is 17.9. The minimum atomic E-state index is -0.375. The molecule has 0 spiro atoms. The number of ether oxygens (including phenoxy) is 2. The largest absolute Gasteiger partial charge is 0.463 e. The number of benzene rings is 1. The van der Waals surface area contributed by atoms with E-state index in [4.69, 9.17) is 9.47 Å². The molecular weight excluding hydrogens is 308 g/mol. The molecule has 0 aliphatic carbocycles. The highest BCUT2D eigenvalue weighted by Gasteiger charge is 2.01. The van der Waals surface area contributed by atoms with Crippen LogP contribution in [0.25, 0.3) is 0 Å². The summed E-state index contributed by atoms with van der Waals surface area (Å²) < 4.78 is 9.71. The predicted octanol–water partition coefficient (Wildman–Crippen LogP) is 3.44. The molecule has 0 radical (unpaired) electrons. The summed E-state index contributed by atoms with van der Waals surface area (Å²) in [6.07, 6.45) is 2.81. The van der Waals surface area contributed by atoms with Gasteiger partial charge >= 0.3 is 11.9 Å². The van der Waals surface area contributed by atoms with Crippen molar-refractivity contribution in [2.45, 2.75) is 27.7 Å². The van der Waals surface area contributed by atoms with Crippen molar-refractivity contribution in [3.63, 3.8) is 0 Å². The normalized spacial score (nSPS) is 11.7.